The lowest BCUT2D eigenvalue weighted by Crippen LogP contribution is -2.29. The average Bonchev–Trinajstić information content (AvgIpc) is 3.56. The van der Waals surface area contributed by atoms with Gasteiger partial charge in [-0.2, -0.15) is 0 Å². The van der Waals surface area contributed by atoms with E-state index < -0.39 is 0 Å². The molecule has 3 aromatic carbocycles. The molecule has 0 heterocycles. The second-order valence-electron chi connectivity index (χ2n) is 15.4. The summed E-state index contributed by atoms with van der Waals surface area (Å²) in [6, 6.07) is 19.0. The molecule has 3 aromatic rings. The van der Waals surface area contributed by atoms with Crippen LogP contribution in [0.3, 0.4) is 0 Å². The van der Waals surface area contributed by atoms with Crippen molar-refractivity contribution < 1.29 is 0 Å². The first-order chi connectivity index (χ1) is 21.7. The molecular weight excluding hydrogens is 540 g/mol. The van der Waals surface area contributed by atoms with Crippen LogP contribution in [0.1, 0.15) is 116 Å². The number of hydrogen-bond acceptors (Lipinski definition) is 0. The highest BCUT2D eigenvalue weighted by Gasteiger charge is 2.36. The summed E-state index contributed by atoms with van der Waals surface area (Å²) in [5, 5.41) is 0. The second kappa shape index (κ2) is 12.1. The predicted octanol–water partition coefficient (Wildman–Crippen LogP) is 12.5. The normalized spacial score (nSPS) is 25.2. The summed E-state index contributed by atoms with van der Waals surface area (Å²) >= 11 is 0. The largest absolute Gasteiger partial charge is 0.0999 e. The van der Waals surface area contributed by atoms with Crippen molar-refractivity contribution in [1.82, 2.24) is 0 Å². The molecule has 3 atom stereocenters. The molecule has 4 aliphatic carbocycles. The topological polar surface area (TPSA) is 0 Å². The molecule has 45 heavy (non-hydrogen) atoms. The van der Waals surface area contributed by atoms with Crippen LogP contribution in [0.4, 0.5) is 0 Å². The SMILES string of the molecule is C=C(C)Cc1c(C)cc2c(c1-c1ccc(C)cc1)CC(c1ccc3c(c1)C(C1CCC(C[C@@H]4CCC4C(=C)C)CC1)=CC3C)=C2. The minimum absolute atomic E-state index is 0.517. The molecule has 4 aliphatic rings. The second-order valence-corrected chi connectivity index (χ2v) is 15.4. The summed E-state index contributed by atoms with van der Waals surface area (Å²) in [6.07, 6.45) is 16.8. The van der Waals surface area contributed by atoms with Crippen LogP contribution in [0.15, 0.2) is 78.9 Å². The summed E-state index contributed by atoms with van der Waals surface area (Å²) in [6.45, 7) is 19.8. The van der Waals surface area contributed by atoms with E-state index in [1.165, 1.54) is 112 Å². The minimum atomic E-state index is 0.517. The van der Waals surface area contributed by atoms with Crippen molar-refractivity contribution >= 4 is 17.2 Å². The van der Waals surface area contributed by atoms with Crippen molar-refractivity contribution in [3.8, 4) is 11.1 Å². The van der Waals surface area contributed by atoms with Gasteiger partial charge in [0, 0.05) is 5.92 Å². The Kier molecular flexibility index (Phi) is 8.14. The van der Waals surface area contributed by atoms with Crippen LogP contribution in [0.25, 0.3) is 28.3 Å². The van der Waals surface area contributed by atoms with Crippen molar-refractivity contribution in [3.05, 3.63) is 123 Å². The maximum atomic E-state index is 4.29. The predicted molar refractivity (Wildman–Crippen MR) is 195 cm³/mol. The van der Waals surface area contributed by atoms with Gasteiger partial charge in [-0.3, -0.25) is 0 Å². The quantitative estimate of drug-likeness (QED) is 0.228. The van der Waals surface area contributed by atoms with Gasteiger partial charge in [0.15, 0.2) is 0 Å². The minimum Gasteiger partial charge on any atom is -0.0999 e. The first-order valence-electron chi connectivity index (χ1n) is 17.8. The van der Waals surface area contributed by atoms with Gasteiger partial charge in [-0.1, -0.05) is 91.4 Å². The number of allylic oxidation sites excluding steroid dienone is 5. The average molecular weight is 593 g/mol. The van der Waals surface area contributed by atoms with Gasteiger partial charge in [0.1, 0.15) is 0 Å². The smallest absolute Gasteiger partial charge is 0.000174 e. The van der Waals surface area contributed by atoms with Crippen molar-refractivity contribution in [2.75, 3.05) is 0 Å². The van der Waals surface area contributed by atoms with E-state index in [-0.39, 0.29) is 0 Å². The molecule has 0 aromatic heterocycles. The zero-order valence-corrected chi connectivity index (χ0v) is 28.4. The standard InChI is InChI=1S/C45H52/c1-27(2)20-41-30(6)21-38-24-37(26-43(38)45(41)34-12-8-29(5)9-13-34)35-16-19-40-31(7)22-42(44(40)25-35)33-14-10-32(11-15-33)23-36-17-18-39(36)28(3)4/h8-9,12-13,16,19,21-22,24-25,31-33,36,39H,1,3,10-11,14-15,17-18,20,23,26H2,2,4-7H3/t31?,32?,33?,36-,39?/m0/s1. The highest BCUT2D eigenvalue weighted by atomic mass is 14.4. The van der Waals surface area contributed by atoms with Gasteiger partial charge in [0.2, 0.25) is 0 Å². The van der Waals surface area contributed by atoms with E-state index in [2.05, 4.69) is 108 Å². The van der Waals surface area contributed by atoms with Gasteiger partial charge >= 0.3 is 0 Å². The van der Waals surface area contributed by atoms with Crippen LogP contribution in [0.5, 0.6) is 0 Å². The van der Waals surface area contributed by atoms with E-state index in [0.29, 0.717) is 11.8 Å². The van der Waals surface area contributed by atoms with Gasteiger partial charge in [0.25, 0.3) is 0 Å². The first kappa shape index (κ1) is 30.3. The Hall–Kier alpha value is -3.38. The molecule has 0 amide bonds. The van der Waals surface area contributed by atoms with E-state index in [0.717, 1.165) is 30.6 Å². The number of fused-ring (bicyclic) bond motifs is 2. The van der Waals surface area contributed by atoms with Crippen LogP contribution in [0.2, 0.25) is 0 Å². The zero-order chi connectivity index (χ0) is 31.4. The molecule has 2 unspecified atom stereocenters. The van der Waals surface area contributed by atoms with E-state index in [9.17, 15) is 0 Å². The summed E-state index contributed by atoms with van der Waals surface area (Å²) in [7, 11) is 0. The van der Waals surface area contributed by atoms with Gasteiger partial charge in [-0.15, -0.1) is 0 Å². The highest BCUT2D eigenvalue weighted by Crippen LogP contribution is 2.50. The molecule has 2 saturated carbocycles. The Morgan fingerprint density at radius 3 is 2.24 bits per heavy atom. The van der Waals surface area contributed by atoms with E-state index >= 15 is 0 Å². The number of aryl methyl sites for hydroxylation is 2. The molecular formula is C45H52. The molecule has 0 heteroatoms. The Morgan fingerprint density at radius 2 is 1.58 bits per heavy atom. The molecule has 0 aliphatic heterocycles. The summed E-state index contributed by atoms with van der Waals surface area (Å²) in [4.78, 5) is 0. The fraction of sp³-hybridized carbons (Fsp3) is 0.422. The first-order valence-corrected chi connectivity index (χ1v) is 17.8. The van der Waals surface area contributed by atoms with E-state index in [1.54, 1.807) is 11.1 Å². The molecule has 0 bridgehead atoms. The van der Waals surface area contributed by atoms with Crippen molar-refractivity contribution in [2.45, 2.75) is 98.3 Å². The van der Waals surface area contributed by atoms with E-state index in [4.69, 9.17) is 0 Å². The third-order valence-electron chi connectivity index (χ3n) is 11.9. The molecule has 7 rings (SSSR count). The molecule has 232 valence electrons. The molecule has 0 radical (unpaired) electrons. The fourth-order valence-corrected chi connectivity index (χ4v) is 9.31. The molecule has 2 fully saturated rings. The zero-order valence-electron chi connectivity index (χ0n) is 28.4. The Bertz CT molecular complexity index is 1710. The summed E-state index contributed by atoms with van der Waals surface area (Å²) in [5.41, 5.74) is 20.0. The van der Waals surface area contributed by atoms with Gasteiger partial charge in [-0.05, 0) is 176 Å². The number of hydrogen-bond donors (Lipinski definition) is 0. The number of benzene rings is 3. The molecule has 0 N–H and O–H groups in total. The monoisotopic (exact) mass is 592 g/mol. The van der Waals surface area contributed by atoms with Crippen LogP contribution < -0.4 is 0 Å². The molecule has 0 nitrogen and oxygen atoms in total. The van der Waals surface area contributed by atoms with Gasteiger partial charge < -0.3 is 0 Å². The third kappa shape index (κ3) is 5.75. The van der Waals surface area contributed by atoms with Crippen molar-refractivity contribution in [2.24, 2.45) is 23.7 Å². The molecule has 0 spiro atoms. The lowest BCUT2D eigenvalue weighted by atomic mass is 9.64. The van der Waals surface area contributed by atoms with Crippen LogP contribution in [0, 0.1) is 37.5 Å². The maximum absolute atomic E-state index is 4.29. The Morgan fingerprint density at radius 1 is 0.844 bits per heavy atom. The highest BCUT2D eigenvalue weighted by molar-refractivity contribution is 5.94. The molecule has 0 saturated heterocycles. The van der Waals surface area contributed by atoms with Crippen molar-refractivity contribution in [1.29, 1.82) is 0 Å². The Balaban J connectivity index is 1.13. The van der Waals surface area contributed by atoms with Gasteiger partial charge in [-0.25, -0.2) is 0 Å². The summed E-state index contributed by atoms with van der Waals surface area (Å²) < 4.78 is 0. The third-order valence-corrected chi connectivity index (χ3v) is 11.9. The summed E-state index contributed by atoms with van der Waals surface area (Å²) in [5.74, 6) is 3.87. The number of rotatable bonds is 8. The van der Waals surface area contributed by atoms with Crippen LogP contribution in [-0.2, 0) is 12.8 Å². The lowest BCUT2D eigenvalue weighted by molar-refractivity contribution is 0.149. The Labute approximate surface area is 273 Å². The lowest BCUT2D eigenvalue weighted by Gasteiger charge is -2.41. The van der Waals surface area contributed by atoms with Crippen LogP contribution in [-0.4, -0.2) is 0 Å². The van der Waals surface area contributed by atoms with Gasteiger partial charge in [0.05, 0.1) is 0 Å². The van der Waals surface area contributed by atoms with Crippen LogP contribution >= 0.6 is 0 Å². The maximum Gasteiger partial charge on any atom is 0.000174 e. The van der Waals surface area contributed by atoms with Crippen molar-refractivity contribution in [3.63, 3.8) is 0 Å². The fourth-order valence-electron chi connectivity index (χ4n) is 9.31. The van der Waals surface area contributed by atoms with E-state index in [1.807, 2.05) is 0 Å².